The van der Waals surface area contributed by atoms with Gasteiger partial charge in [0.25, 0.3) is 0 Å². The van der Waals surface area contributed by atoms with Crippen LogP contribution in [0.15, 0.2) is 17.5 Å². The summed E-state index contributed by atoms with van der Waals surface area (Å²) in [5.41, 5.74) is 6.09. The second-order valence-corrected chi connectivity index (χ2v) is 4.38. The number of ether oxygens (including phenoxy) is 1. The Hall–Kier alpha value is -0.380. The Bertz CT molecular complexity index is 235. The molecule has 0 fully saturated rings. The predicted octanol–water partition coefficient (Wildman–Crippen LogP) is 2.43. The van der Waals surface area contributed by atoms with Crippen LogP contribution >= 0.6 is 11.3 Å². The molecule has 1 heterocycles. The highest BCUT2D eigenvalue weighted by Gasteiger charge is 2.16. The van der Waals surface area contributed by atoms with Gasteiger partial charge in [-0.2, -0.15) is 0 Å². The average Bonchev–Trinajstić information content (AvgIpc) is 2.66. The lowest BCUT2D eigenvalue weighted by molar-refractivity contribution is 0.0419. The molecular formula is C11H19NOS. The average molecular weight is 213 g/mol. The van der Waals surface area contributed by atoms with Crippen molar-refractivity contribution in [3.05, 3.63) is 22.4 Å². The molecule has 0 bridgehead atoms. The van der Waals surface area contributed by atoms with Crippen molar-refractivity contribution in [1.82, 2.24) is 0 Å². The number of thiophene rings is 1. The first-order valence-electron chi connectivity index (χ1n) is 5.17. The van der Waals surface area contributed by atoms with Crippen molar-refractivity contribution in [2.75, 3.05) is 6.61 Å². The van der Waals surface area contributed by atoms with Crippen molar-refractivity contribution < 1.29 is 4.74 Å². The molecule has 0 aliphatic rings. The summed E-state index contributed by atoms with van der Waals surface area (Å²) in [6.45, 7) is 4.88. The summed E-state index contributed by atoms with van der Waals surface area (Å²) < 4.78 is 5.58. The highest BCUT2D eigenvalue weighted by molar-refractivity contribution is 7.09. The van der Waals surface area contributed by atoms with Gasteiger partial charge < -0.3 is 10.5 Å². The van der Waals surface area contributed by atoms with Crippen LogP contribution in [-0.2, 0) is 11.2 Å². The van der Waals surface area contributed by atoms with Crippen LogP contribution in [0.3, 0.4) is 0 Å². The van der Waals surface area contributed by atoms with Crippen LogP contribution in [0.25, 0.3) is 0 Å². The monoisotopic (exact) mass is 213 g/mol. The molecule has 2 unspecified atom stereocenters. The Morgan fingerprint density at radius 2 is 2.29 bits per heavy atom. The first kappa shape index (κ1) is 11.7. The van der Waals surface area contributed by atoms with E-state index in [-0.39, 0.29) is 12.1 Å². The van der Waals surface area contributed by atoms with Crippen LogP contribution in [0.2, 0.25) is 0 Å². The van der Waals surface area contributed by atoms with Gasteiger partial charge in [0, 0.05) is 17.5 Å². The molecule has 0 aliphatic carbocycles. The molecule has 1 rings (SSSR count). The Labute approximate surface area is 90.1 Å². The van der Waals surface area contributed by atoms with E-state index in [9.17, 15) is 0 Å². The lowest BCUT2D eigenvalue weighted by Gasteiger charge is -2.21. The molecule has 2 nitrogen and oxygen atoms in total. The van der Waals surface area contributed by atoms with E-state index >= 15 is 0 Å². The molecule has 80 valence electrons. The maximum absolute atomic E-state index is 6.09. The Morgan fingerprint density at radius 3 is 2.79 bits per heavy atom. The zero-order valence-electron chi connectivity index (χ0n) is 8.90. The van der Waals surface area contributed by atoms with Crippen molar-refractivity contribution in [2.45, 2.75) is 38.8 Å². The Kier molecular flexibility index (Phi) is 5.15. The van der Waals surface area contributed by atoms with E-state index in [0.717, 1.165) is 19.4 Å². The van der Waals surface area contributed by atoms with E-state index in [0.29, 0.717) is 0 Å². The molecule has 0 aliphatic heterocycles. The van der Waals surface area contributed by atoms with Gasteiger partial charge in [-0.1, -0.05) is 13.0 Å². The summed E-state index contributed by atoms with van der Waals surface area (Å²) >= 11 is 1.76. The highest BCUT2D eigenvalue weighted by Crippen LogP contribution is 2.14. The van der Waals surface area contributed by atoms with E-state index < -0.39 is 0 Å². The fourth-order valence-electron chi connectivity index (χ4n) is 1.55. The summed E-state index contributed by atoms with van der Waals surface area (Å²) in [6, 6.07) is 4.32. The lowest BCUT2D eigenvalue weighted by Crippen LogP contribution is -2.38. The van der Waals surface area contributed by atoms with Gasteiger partial charge >= 0.3 is 0 Å². The molecule has 1 aromatic heterocycles. The second-order valence-electron chi connectivity index (χ2n) is 3.35. The minimum absolute atomic E-state index is 0.124. The van der Waals surface area contributed by atoms with Crippen LogP contribution in [0.5, 0.6) is 0 Å². The first-order valence-corrected chi connectivity index (χ1v) is 6.05. The zero-order valence-corrected chi connectivity index (χ0v) is 9.72. The summed E-state index contributed by atoms with van der Waals surface area (Å²) in [5, 5.41) is 2.09. The summed E-state index contributed by atoms with van der Waals surface area (Å²) in [4.78, 5) is 1.34. The topological polar surface area (TPSA) is 35.2 Å². The molecule has 2 atom stereocenters. The van der Waals surface area contributed by atoms with E-state index in [1.54, 1.807) is 11.3 Å². The largest absolute Gasteiger partial charge is 0.377 e. The standard InChI is InChI=1S/C11H19NOS/c1-3-11(13-4-2)10(12)8-9-6-5-7-14-9/h5-7,10-11H,3-4,8,12H2,1-2H3. The van der Waals surface area contributed by atoms with E-state index in [1.807, 2.05) is 6.92 Å². The van der Waals surface area contributed by atoms with Gasteiger partial charge in [-0.15, -0.1) is 11.3 Å². The molecule has 0 saturated carbocycles. The molecule has 1 aromatic rings. The van der Waals surface area contributed by atoms with Gasteiger partial charge in [0.05, 0.1) is 6.10 Å². The van der Waals surface area contributed by atoms with Gasteiger partial charge in [0.15, 0.2) is 0 Å². The first-order chi connectivity index (χ1) is 6.77. The van der Waals surface area contributed by atoms with E-state index in [4.69, 9.17) is 10.5 Å². The van der Waals surface area contributed by atoms with Crippen LogP contribution in [0.4, 0.5) is 0 Å². The zero-order chi connectivity index (χ0) is 10.4. The SMILES string of the molecule is CCOC(CC)C(N)Cc1cccs1. The Morgan fingerprint density at radius 1 is 1.50 bits per heavy atom. The fourth-order valence-corrected chi connectivity index (χ4v) is 2.33. The van der Waals surface area contributed by atoms with E-state index in [1.165, 1.54) is 4.88 Å². The third-order valence-electron chi connectivity index (χ3n) is 2.28. The molecule has 0 spiro atoms. The van der Waals surface area contributed by atoms with Gasteiger partial charge in [0.1, 0.15) is 0 Å². The third kappa shape index (κ3) is 3.40. The summed E-state index contributed by atoms with van der Waals surface area (Å²) in [5.74, 6) is 0. The number of rotatable bonds is 6. The summed E-state index contributed by atoms with van der Waals surface area (Å²) in [6.07, 6.45) is 2.11. The molecule has 3 heteroatoms. The van der Waals surface area contributed by atoms with E-state index in [2.05, 4.69) is 24.4 Å². The molecule has 0 saturated heterocycles. The second kappa shape index (κ2) is 6.17. The quantitative estimate of drug-likeness (QED) is 0.787. The Balaban J connectivity index is 2.43. The van der Waals surface area contributed by atoms with Crippen molar-refractivity contribution >= 4 is 11.3 Å². The lowest BCUT2D eigenvalue weighted by atomic mass is 10.1. The van der Waals surface area contributed by atoms with Crippen molar-refractivity contribution in [3.63, 3.8) is 0 Å². The van der Waals surface area contributed by atoms with Crippen LogP contribution in [0, 0.1) is 0 Å². The fraction of sp³-hybridized carbons (Fsp3) is 0.636. The van der Waals surface area contributed by atoms with Gasteiger partial charge in [-0.3, -0.25) is 0 Å². The van der Waals surface area contributed by atoms with Gasteiger partial charge in [0.2, 0.25) is 0 Å². The molecule has 2 N–H and O–H groups in total. The van der Waals surface area contributed by atoms with Gasteiger partial charge in [-0.05, 0) is 31.2 Å². The van der Waals surface area contributed by atoms with Crippen LogP contribution < -0.4 is 5.73 Å². The van der Waals surface area contributed by atoms with Crippen LogP contribution in [0.1, 0.15) is 25.1 Å². The van der Waals surface area contributed by atoms with Crippen molar-refractivity contribution in [3.8, 4) is 0 Å². The minimum atomic E-state index is 0.124. The number of nitrogens with two attached hydrogens (primary N) is 1. The molecule has 0 radical (unpaired) electrons. The smallest absolute Gasteiger partial charge is 0.0726 e. The number of hydrogen-bond acceptors (Lipinski definition) is 3. The normalized spacial score (nSPS) is 15.4. The van der Waals surface area contributed by atoms with Gasteiger partial charge in [-0.25, -0.2) is 0 Å². The van der Waals surface area contributed by atoms with Crippen molar-refractivity contribution in [2.24, 2.45) is 5.73 Å². The van der Waals surface area contributed by atoms with Crippen LogP contribution in [-0.4, -0.2) is 18.8 Å². The molecule has 0 aromatic carbocycles. The molecule has 0 amide bonds. The summed E-state index contributed by atoms with van der Waals surface area (Å²) in [7, 11) is 0. The van der Waals surface area contributed by atoms with Crippen molar-refractivity contribution in [1.29, 1.82) is 0 Å². The maximum atomic E-state index is 6.09. The number of hydrogen-bond donors (Lipinski definition) is 1. The molecular weight excluding hydrogens is 194 g/mol. The predicted molar refractivity (Wildman–Crippen MR) is 61.7 cm³/mol. The maximum Gasteiger partial charge on any atom is 0.0726 e. The molecule has 14 heavy (non-hydrogen) atoms. The minimum Gasteiger partial charge on any atom is -0.377 e. The third-order valence-corrected chi connectivity index (χ3v) is 3.18. The highest BCUT2D eigenvalue weighted by atomic mass is 32.1.